The van der Waals surface area contributed by atoms with Gasteiger partial charge in [0, 0.05) is 31.4 Å². The van der Waals surface area contributed by atoms with Crippen LogP contribution in [0.3, 0.4) is 0 Å². The fourth-order valence-electron chi connectivity index (χ4n) is 4.02. The maximum atomic E-state index is 13.0. The number of hydrogen-bond donors (Lipinski definition) is 1. The normalized spacial score (nSPS) is 21.9. The number of likely N-dealkylation sites (tertiary alicyclic amines) is 1. The van der Waals surface area contributed by atoms with E-state index in [-0.39, 0.29) is 5.91 Å². The average molecular weight is 332 g/mol. The van der Waals surface area contributed by atoms with Gasteiger partial charge in [0.25, 0.3) is 5.91 Å². The van der Waals surface area contributed by atoms with E-state index in [4.69, 9.17) is 0 Å². The highest BCUT2D eigenvalue weighted by atomic mass is 16.2. The SMILES string of the molecule is CNc1ccc(-c2cccc(C(=O)N3C[C@H]4CC=CC[C@H]4C3)c2)cc1. The van der Waals surface area contributed by atoms with Crippen molar-refractivity contribution in [2.45, 2.75) is 12.8 Å². The van der Waals surface area contributed by atoms with E-state index in [0.717, 1.165) is 48.3 Å². The summed E-state index contributed by atoms with van der Waals surface area (Å²) in [5.74, 6) is 1.46. The van der Waals surface area contributed by atoms with Gasteiger partial charge in [-0.05, 0) is 60.1 Å². The van der Waals surface area contributed by atoms with Crippen molar-refractivity contribution in [3.05, 3.63) is 66.2 Å². The number of fused-ring (bicyclic) bond motifs is 1. The number of nitrogens with one attached hydrogen (secondary N) is 1. The third-order valence-electron chi connectivity index (χ3n) is 5.52. The van der Waals surface area contributed by atoms with E-state index in [1.54, 1.807) is 0 Å². The van der Waals surface area contributed by atoms with E-state index >= 15 is 0 Å². The smallest absolute Gasteiger partial charge is 0.253 e. The zero-order chi connectivity index (χ0) is 17.2. The van der Waals surface area contributed by atoms with Crippen LogP contribution in [-0.4, -0.2) is 30.9 Å². The van der Waals surface area contributed by atoms with Crippen LogP contribution in [0.5, 0.6) is 0 Å². The number of nitrogens with zero attached hydrogens (tertiary/aromatic N) is 1. The zero-order valence-corrected chi connectivity index (χ0v) is 14.6. The Kier molecular flexibility index (Phi) is 4.31. The van der Waals surface area contributed by atoms with Gasteiger partial charge < -0.3 is 10.2 Å². The van der Waals surface area contributed by atoms with Gasteiger partial charge in [-0.1, -0.05) is 36.4 Å². The highest BCUT2D eigenvalue weighted by molar-refractivity contribution is 5.95. The van der Waals surface area contributed by atoms with Crippen LogP contribution in [0.25, 0.3) is 11.1 Å². The summed E-state index contributed by atoms with van der Waals surface area (Å²) in [5, 5.41) is 3.13. The maximum absolute atomic E-state index is 13.0. The lowest BCUT2D eigenvalue weighted by Gasteiger charge is -2.17. The van der Waals surface area contributed by atoms with Gasteiger partial charge in [-0.25, -0.2) is 0 Å². The van der Waals surface area contributed by atoms with Gasteiger partial charge >= 0.3 is 0 Å². The van der Waals surface area contributed by atoms with Gasteiger partial charge in [0.05, 0.1) is 0 Å². The van der Waals surface area contributed by atoms with E-state index in [2.05, 4.69) is 47.8 Å². The first-order valence-electron chi connectivity index (χ1n) is 9.07. The average Bonchev–Trinajstić information content (AvgIpc) is 3.12. The number of amides is 1. The van der Waals surface area contributed by atoms with E-state index in [1.807, 2.05) is 30.1 Å². The molecule has 0 unspecified atom stereocenters. The summed E-state index contributed by atoms with van der Waals surface area (Å²) in [6.07, 6.45) is 6.77. The molecule has 1 amide bonds. The lowest BCUT2D eigenvalue weighted by Crippen LogP contribution is -2.29. The van der Waals surface area contributed by atoms with Gasteiger partial charge in [0.1, 0.15) is 0 Å². The van der Waals surface area contributed by atoms with Gasteiger partial charge in [0.2, 0.25) is 0 Å². The Bertz CT molecular complexity index is 778. The van der Waals surface area contributed by atoms with Crippen molar-refractivity contribution >= 4 is 11.6 Å². The first-order valence-corrected chi connectivity index (χ1v) is 9.07. The van der Waals surface area contributed by atoms with Crippen molar-refractivity contribution in [3.63, 3.8) is 0 Å². The molecular weight excluding hydrogens is 308 g/mol. The van der Waals surface area contributed by atoms with Crippen molar-refractivity contribution in [1.82, 2.24) is 4.90 Å². The number of allylic oxidation sites excluding steroid dienone is 2. The molecule has 0 bridgehead atoms. The molecule has 128 valence electrons. The Morgan fingerprint density at radius 1 is 0.960 bits per heavy atom. The quantitative estimate of drug-likeness (QED) is 0.843. The molecule has 1 aliphatic heterocycles. The second-order valence-electron chi connectivity index (χ2n) is 7.08. The zero-order valence-electron chi connectivity index (χ0n) is 14.6. The number of hydrogen-bond acceptors (Lipinski definition) is 2. The van der Waals surface area contributed by atoms with Crippen LogP contribution in [0.2, 0.25) is 0 Å². The lowest BCUT2D eigenvalue weighted by atomic mass is 9.86. The largest absolute Gasteiger partial charge is 0.388 e. The summed E-state index contributed by atoms with van der Waals surface area (Å²) >= 11 is 0. The number of carbonyl (C=O) groups excluding carboxylic acids is 1. The fourth-order valence-corrected chi connectivity index (χ4v) is 4.02. The molecule has 2 atom stereocenters. The van der Waals surface area contributed by atoms with Crippen LogP contribution in [-0.2, 0) is 0 Å². The highest BCUT2D eigenvalue weighted by Crippen LogP contribution is 2.33. The van der Waals surface area contributed by atoms with Crippen LogP contribution >= 0.6 is 0 Å². The summed E-state index contributed by atoms with van der Waals surface area (Å²) in [6.45, 7) is 1.80. The van der Waals surface area contributed by atoms with Crippen LogP contribution in [0.4, 0.5) is 5.69 Å². The van der Waals surface area contributed by atoms with E-state index in [9.17, 15) is 4.79 Å². The van der Waals surface area contributed by atoms with Crippen LogP contribution < -0.4 is 5.32 Å². The minimum Gasteiger partial charge on any atom is -0.388 e. The minimum atomic E-state index is 0.170. The Labute approximate surface area is 149 Å². The first kappa shape index (κ1) is 15.9. The van der Waals surface area contributed by atoms with Crippen molar-refractivity contribution in [1.29, 1.82) is 0 Å². The molecule has 2 aromatic rings. The number of rotatable bonds is 3. The number of benzene rings is 2. The van der Waals surface area contributed by atoms with Crippen LogP contribution in [0.15, 0.2) is 60.7 Å². The molecule has 4 rings (SSSR count). The number of anilines is 1. The van der Waals surface area contributed by atoms with E-state index in [0.29, 0.717) is 11.8 Å². The molecule has 1 aliphatic carbocycles. The van der Waals surface area contributed by atoms with Crippen LogP contribution in [0.1, 0.15) is 23.2 Å². The molecule has 0 radical (unpaired) electrons. The molecular formula is C22H24N2O. The third kappa shape index (κ3) is 3.19. The van der Waals surface area contributed by atoms with Crippen molar-refractivity contribution in [2.75, 3.05) is 25.5 Å². The molecule has 0 saturated carbocycles. The predicted molar refractivity (Wildman–Crippen MR) is 103 cm³/mol. The molecule has 0 aromatic heterocycles. The Balaban J connectivity index is 1.53. The Morgan fingerprint density at radius 3 is 2.28 bits per heavy atom. The predicted octanol–water partition coefficient (Wildman–Crippen LogP) is 4.43. The van der Waals surface area contributed by atoms with E-state index < -0.39 is 0 Å². The molecule has 3 heteroatoms. The lowest BCUT2D eigenvalue weighted by molar-refractivity contribution is 0.0784. The van der Waals surface area contributed by atoms with Gasteiger partial charge in [-0.2, -0.15) is 0 Å². The molecule has 2 aliphatic rings. The van der Waals surface area contributed by atoms with Crippen molar-refractivity contribution in [3.8, 4) is 11.1 Å². The summed E-state index contributed by atoms with van der Waals surface area (Å²) < 4.78 is 0. The molecule has 1 N–H and O–H groups in total. The second kappa shape index (κ2) is 6.75. The Morgan fingerprint density at radius 2 is 1.64 bits per heavy atom. The summed E-state index contributed by atoms with van der Waals surface area (Å²) in [7, 11) is 1.91. The van der Waals surface area contributed by atoms with Crippen molar-refractivity contribution < 1.29 is 4.79 Å². The topological polar surface area (TPSA) is 32.3 Å². The third-order valence-corrected chi connectivity index (χ3v) is 5.52. The summed E-state index contributed by atoms with van der Waals surface area (Å²) in [5.41, 5.74) is 4.10. The highest BCUT2D eigenvalue weighted by Gasteiger charge is 2.35. The van der Waals surface area contributed by atoms with E-state index in [1.165, 1.54) is 0 Å². The molecule has 2 aromatic carbocycles. The van der Waals surface area contributed by atoms with Gasteiger partial charge in [-0.15, -0.1) is 0 Å². The second-order valence-corrected chi connectivity index (χ2v) is 7.08. The first-order chi connectivity index (χ1) is 12.2. The fraction of sp³-hybridized carbons (Fsp3) is 0.318. The van der Waals surface area contributed by atoms with Crippen LogP contribution in [0, 0.1) is 11.8 Å². The molecule has 1 saturated heterocycles. The van der Waals surface area contributed by atoms with Crippen molar-refractivity contribution in [2.24, 2.45) is 11.8 Å². The number of carbonyl (C=O) groups is 1. The molecule has 25 heavy (non-hydrogen) atoms. The minimum absolute atomic E-state index is 0.170. The maximum Gasteiger partial charge on any atom is 0.253 e. The Hall–Kier alpha value is -2.55. The molecule has 0 spiro atoms. The molecule has 3 nitrogen and oxygen atoms in total. The summed E-state index contributed by atoms with van der Waals surface area (Å²) in [4.78, 5) is 15.0. The van der Waals surface area contributed by atoms with Gasteiger partial charge in [-0.3, -0.25) is 4.79 Å². The van der Waals surface area contributed by atoms with Gasteiger partial charge in [0.15, 0.2) is 0 Å². The standard InChI is InChI=1S/C22H24N2O/c1-23-21-11-9-16(10-12-21)17-7-4-8-18(13-17)22(25)24-14-19-5-2-3-6-20(19)15-24/h2-4,7-13,19-20,23H,5-6,14-15H2,1H3/t19-,20+. The molecule has 1 heterocycles. The summed E-state index contributed by atoms with van der Waals surface area (Å²) in [6, 6.07) is 16.3. The monoisotopic (exact) mass is 332 g/mol. The molecule has 1 fully saturated rings.